The Balaban J connectivity index is 1.94. The Labute approximate surface area is 124 Å². The first-order valence-electron chi connectivity index (χ1n) is 8.42. The van der Waals surface area contributed by atoms with E-state index in [1.807, 2.05) is 6.92 Å². The molecule has 0 aromatic heterocycles. The number of hydrogen-bond donors (Lipinski definition) is 0. The van der Waals surface area contributed by atoms with Crippen molar-refractivity contribution >= 4 is 5.78 Å². The van der Waals surface area contributed by atoms with Crippen molar-refractivity contribution in [3.8, 4) is 0 Å². The lowest BCUT2D eigenvalue weighted by Gasteiger charge is -2.37. The summed E-state index contributed by atoms with van der Waals surface area (Å²) in [6, 6.07) is 0.166. The second kappa shape index (κ2) is 3.88. The molecule has 1 heterocycles. The van der Waals surface area contributed by atoms with Crippen molar-refractivity contribution in [3.05, 3.63) is 0 Å². The van der Waals surface area contributed by atoms with Gasteiger partial charge in [-0.2, -0.15) is 0 Å². The third-order valence-corrected chi connectivity index (χ3v) is 7.39. The Hall–Kier alpha value is -0.370. The number of hydrogen-bond acceptors (Lipinski definition) is 2. The normalized spacial score (nSPS) is 38.2. The molecular formula is C18H31NO. The number of Topliss-reactive ketones (excluding diaryl/α,β-unsaturated/α-hetero) is 1. The molecule has 2 atom stereocenters. The fourth-order valence-corrected chi connectivity index (χ4v) is 5.83. The highest BCUT2D eigenvalue weighted by Crippen LogP contribution is 2.88. The summed E-state index contributed by atoms with van der Waals surface area (Å²) in [4.78, 5) is 15.0. The molecule has 2 saturated carbocycles. The molecule has 0 bridgehead atoms. The van der Waals surface area contributed by atoms with E-state index in [1.54, 1.807) is 0 Å². The number of ketones is 1. The fourth-order valence-electron chi connectivity index (χ4n) is 5.83. The molecule has 2 heteroatoms. The average molecular weight is 277 g/mol. The quantitative estimate of drug-likeness (QED) is 0.759. The summed E-state index contributed by atoms with van der Waals surface area (Å²) < 4.78 is 0. The van der Waals surface area contributed by atoms with Crippen molar-refractivity contribution in [3.63, 3.8) is 0 Å². The summed E-state index contributed by atoms with van der Waals surface area (Å²) in [7, 11) is 0. The predicted octanol–water partition coefficient (Wildman–Crippen LogP) is 4.03. The van der Waals surface area contributed by atoms with Gasteiger partial charge in [-0.3, -0.25) is 9.69 Å². The lowest BCUT2D eigenvalue weighted by atomic mass is 9.73. The SMILES string of the molecule is CCC(=O)[C@@H]1C[C@@]2(CN1C(C)(C)C)C(C)(C)C21CCC1. The van der Waals surface area contributed by atoms with E-state index in [0.717, 1.165) is 13.0 Å². The lowest BCUT2D eigenvalue weighted by molar-refractivity contribution is -0.124. The zero-order chi connectivity index (χ0) is 15.0. The van der Waals surface area contributed by atoms with Gasteiger partial charge in [0.25, 0.3) is 0 Å². The van der Waals surface area contributed by atoms with E-state index in [4.69, 9.17) is 0 Å². The topological polar surface area (TPSA) is 20.3 Å². The van der Waals surface area contributed by atoms with Crippen molar-refractivity contribution in [2.24, 2.45) is 16.2 Å². The van der Waals surface area contributed by atoms with Crippen LogP contribution in [0, 0.1) is 16.2 Å². The number of nitrogens with zero attached hydrogens (tertiary/aromatic N) is 1. The van der Waals surface area contributed by atoms with Gasteiger partial charge in [-0.25, -0.2) is 0 Å². The summed E-state index contributed by atoms with van der Waals surface area (Å²) in [6.07, 6.45) is 5.98. The van der Waals surface area contributed by atoms with Gasteiger partial charge in [-0.1, -0.05) is 27.2 Å². The van der Waals surface area contributed by atoms with E-state index in [9.17, 15) is 4.79 Å². The summed E-state index contributed by atoms with van der Waals surface area (Å²) in [5.41, 5.74) is 1.51. The first-order valence-corrected chi connectivity index (χ1v) is 8.42. The number of likely N-dealkylation sites (tertiary alicyclic amines) is 1. The Morgan fingerprint density at radius 1 is 1.20 bits per heavy atom. The Morgan fingerprint density at radius 3 is 2.15 bits per heavy atom. The van der Waals surface area contributed by atoms with E-state index in [0.29, 0.717) is 28.4 Å². The standard InChI is InChI=1S/C18H31NO/c1-7-14(20)13-11-18(12-19(13)15(2,3)4)16(5,6)17(18)9-8-10-17/h13H,7-12H2,1-6H3/t13-,18+/m0/s1. The summed E-state index contributed by atoms with van der Waals surface area (Å²) >= 11 is 0. The van der Waals surface area contributed by atoms with E-state index in [2.05, 4.69) is 39.5 Å². The second-order valence-corrected chi connectivity index (χ2v) is 8.98. The minimum Gasteiger partial charge on any atom is -0.298 e. The van der Waals surface area contributed by atoms with Gasteiger partial charge in [0, 0.05) is 18.5 Å². The number of carbonyl (C=O) groups excluding carboxylic acids is 1. The first kappa shape index (κ1) is 14.6. The maximum Gasteiger partial charge on any atom is 0.149 e. The highest BCUT2D eigenvalue weighted by atomic mass is 16.1. The monoisotopic (exact) mass is 277 g/mol. The van der Waals surface area contributed by atoms with Gasteiger partial charge in [0.2, 0.25) is 0 Å². The largest absolute Gasteiger partial charge is 0.298 e. The van der Waals surface area contributed by atoms with Gasteiger partial charge in [0.1, 0.15) is 5.78 Å². The molecule has 114 valence electrons. The van der Waals surface area contributed by atoms with E-state index >= 15 is 0 Å². The number of fused-ring (bicyclic) bond motifs is 1. The maximum absolute atomic E-state index is 12.5. The zero-order valence-electron chi connectivity index (χ0n) is 14.2. The van der Waals surface area contributed by atoms with Crippen LogP contribution in [0.25, 0.3) is 0 Å². The van der Waals surface area contributed by atoms with Gasteiger partial charge < -0.3 is 0 Å². The van der Waals surface area contributed by atoms with Crippen LogP contribution in [0.1, 0.15) is 73.6 Å². The molecule has 2 nitrogen and oxygen atoms in total. The Bertz CT molecular complexity index is 441. The van der Waals surface area contributed by atoms with Crippen LogP contribution < -0.4 is 0 Å². The van der Waals surface area contributed by atoms with Crippen LogP contribution in [0.4, 0.5) is 0 Å². The molecule has 0 aromatic carbocycles. The molecule has 0 radical (unpaired) electrons. The van der Waals surface area contributed by atoms with Crippen LogP contribution in [-0.2, 0) is 4.79 Å². The molecule has 2 spiro atoms. The molecule has 3 fully saturated rings. The van der Waals surface area contributed by atoms with Crippen LogP contribution in [0.15, 0.2) is 0 Å². The van der Waals surface area contributed by atoms with E-state index in [-0.39, 0.29) is 11.6 Å². The highest BCUT2D eigenvalue weighted by molar-refractivity contribution is 5.84. The molecule has 3 rings (SSSR count). The molecular weight excluding hydrogens is 246 g/mol. The van der Waals surface area contributed by atoms with Crippen molar-refractivity contribution in [1.82, 2.24) is 4.90 Å². The highest BCUT2D eigenvalue weighted by Gasteiger charge is 2.84. The number of carbonyl (C=O) groups is 1. The average Bonchev–Trinajstić information content (AvgIpc) is 2.58. The molecule has 0 aromatic rings. The van der Waals surface area contributed by atoms with Crippen LogP contribution in [0.2, 0.25) is 0 Å². The van der Waals surface area contributed by atoms with Gasteiger partial charge in [-0.05, 0) is 56.3 Å². The summed E-state index contributed by atoms with van der Waals surface area (Å²) in [5.74, 6) is 0.453. The van der Waals surface area contributed by atoms with Crippen LogP contribution in [-0.4, -0.2) is 28.8 Å². The smallest absolute Gasteiger partial charge is 0.149 e. The molecule has 0 unspecified atom stereocenters. The van der Waals surface area contributed by atoms with E-state index < -0.39 is 0 Å². The van der Waals surface area contributed by atoms with E-state index in [1.165, 1.54) is 19.3 Å². The van der Waals surface area contributed by atoms with Gasteiger partial charge in [0.05, 0.1) is 6.04 Å². The van der Waals surface area contributed by atoms with Gasteiger partial charge in [0.15, 0.2) is 0 Å². The number of rotatable bonds is 2. The molecule has 1 aliphatic heterocycles. The third kappa shape index (κ3) is 1.42. The van der Waals surface area contributed by atoms with Crippen molar-refractivity contribution in [1.29, 1.82) is 0 Å². The Kier molecular flexibility index (Phi) is 2.83. The zero-order valence-corrected chi connectivity index (χ0v) is 14.2. The van der Waals surface area contributed by atoms with Crippen LogP contribution >= 0.6 is 0 Å². The van der Waals surface area contributed by atoms with Crippen molar-refractivity contribution < 1.29 is 4.79 Å². The molecule has 0 amide bonds. The second-order valence-electron chi connectivity index (χ2n) is 8.98. The predicted molar refractivity (Wildman–Crippen MR) is 82.7 cm³/mol. The maximum atomic E-state index is 12.5. The molecule has 2 aliphatic carbocycles. The molecule has 3 aliphatic rings. The van der Waals surface area contributed by atoms with Crippen LogP contribution in [0.5, 0.6) is 0 Å². The van der Waals surface area contributed by atoms with Crippen LogP contribution in [0.3, 0.4) is 0 Å². The fraction of sp³-hybridized carbons (Fsp3) is 0.944. The lowest BCUT2D eigenvalue weighted by Crippen LogP contribution is -2.48. The van der Waals surface area contributed by atoms with Crippen molar-refractivity contribution in [2.45, 2.75) is 85.2 Å². The Morgan fingerprint density at radius 2 is 1.80 bits per heavy atom. The van der Waals surface area contributed by atoms with Gasteiger partial charge in [-0.15, -0.1) is 0 Å². The third-order valence-electron chi connectivity index (χ3n) is 7.39. The molecule has 0 N–H and O–H groups in total. The molecule has 1 saturated heterocycles. The minimum absolute atomic E-state index is 0.0998. The first-order chi connectivity index (χ1) is 9.13. The van der Waals surface area contributed by atoms with Crippen molar-refractivity contribution in [2.75, 3.05) is 6.54 Å². The molecule has 20 heavy (non-hydrogen) atoms. The summed E-state index contributed by atoms with van der Waals surface area (Å²) in [5, 5.41) is 0. The van der Waals surface area contributed by atoms with Gasteiger partial charge >= 0.3 is 0 Å². The summed E-state index contributed by atoms with van der Waals surface area (Å²) in [6.45, 7) is 14.9. The minimum atomic E-state index is 0.0998.